The van der Waals surface area contributed by atoms with Gasteiger partial charge in [0.2, 0.25) is 5.91 Å². The van der Waals surface area contributed by atoms with Crippen molar-refractivity contribution in [2.45, 2.75) is 39.3 Å². The second-order valence-corrected chi connectivity index (χ2v) is 7.31. The van der Waals surface area contributed by atoms with E-state index in [0.29, 0.717) is 42.5 Å². The van der Waals surface area contributed by atoms with Crippen molar-refractivity contribution >= 4 is 5.91 Å². The molecule has 0 N–H and O–H groups in total. The van der Waals surface area contributed by atoms with Crippen molar-refractivity contribution in [1.29, 1.82) is 5.26 Å². The minimum absolute atomic E-state index is 0.0371. The van der Waals surface area contributed by atoms with E-state index in [0.717, 1.165) is 23.1 Å². The van der Waals surface area contributed by atoms with E-state index in [-0.39, 0.29) is 24.1 Å². The van der Waals surface area contributed by atoms with Crippen LogP contribution < -0.4 is 15.0 Å². The molecule has 0 spiro atoms. The van der Waals surface area contributed by atoms with Gasteiger partial charge in [-0.05, 0) is 49.9 Å². The van der Waals surface area contributed by atoms with Gasteiger partial charge in [-0.25, -0.2) is 4.68 Å². The Bertz CT molecular complexity index is 1070. The van der Waals surface area contributed by atoms with Crippen LogP contribution in [0.25, 0.3) is 0 Å². The molecule has 3 heterocycles. The molecule has 8 heteroatoms. The normalized spacial score (nSPS) is 17.8. The van der Waals surface area contributed by atoms with Crippen LogP contribution in [-0.2, 0) is 11.3 Å². The van der Waals surface area contributed by atoms with Crippen LogP contribution in [0.3, 0.4) is 0 Å². The number of hydrogen-bond donors (Lipinski definition) is 0. The molecule has 29 heavy (non-hydrogen) atoms. The summed E-state index contributed by atoms with van der Waals surface area (Å²) in [7, 11) is 0. The third kappa shape index (κ3) is 3.44. The van der Waals surface area contributed by atoms with Gasteiger partial charge in [-0.3, -0.25) is 9.59 Å². The highest BCUT2D eigenvalue weighted by Crippen LogP contribution is 2.38. The van der Waals surface area contributed by atoms with Crippen molar-refractivity contribution in [1.82, 2.24) is 14.7 Å². The summed E-state index contributed by atoms with van der Waals surface area (Å²) in [5, 5.41) is 13.5. The smallest absolute Gasteiger partial charge is 0.285 e. The highest BCUT2D eigenvalue weighted by Gasteiger charge is 2.31. The standard InChI is InChI=1S/C21H22N4O4/c1-13-14(2)23-25(21(27)16(13)11-22)12-20(26)24-7-3-4-17(24)15-5-6-18-19(10-15)29-9-8-28-18/h5-6,10,17H,3-4,7-9,12H2,1-2H3/t17-/m1/s1. The number of fused-ring (bicyclic) bond motifs is 1. The maximum absolute atomic E-state index is 13.0. The first-order valence-electron chi connectivity index (χ1n) is 9.67. The number of nitrogens with zero attached hydrogens (tertiary/aromatic N) is 4. The summed E-state index contributed by atoms with van der Waals surface area (Å²) in [5.74, 6) is 1.22. The molecule has 1 aromatic heterocycles. The largest absolute Gasteiger partial charge is 0.486 e. The summed E-state index contributed by atoms with van der Waals surface area (Å²) in [4.78, 5) is 27.3. The van der Waals surface area contributed by atoms with Crippen molar-refractivity contribution in [3.8, 4) is 17.6 Å². The zero-order valence-electron chi connectivity index (χ0n) is 16.5. The fourth-order valence-corrected chi connectivity index (χ4v) is 3.91. The van der Waals surface area contributed by atoms with Crippen LogP contribution in [0.5, 0.6) is 11.5 Å². The van der Waals surface area contributed by atoms with Crippen LogP contribution >= 0.6 is 0 Å². The fourth-order valence-electron chi connectivity index (χ4n) is 3.91. The molecule has 1 aromatic carbocycles. The first kappa shape index (κ1) is 19.0. The lowest BCUT2D eigenvalue weighted by molar-refractivity contribution is -0.133. The monoisotopic (exact) mass is 394 g/mol. The van der Waals surface area contributed by atoms with E-state index in [2.05, 4.69) is 5.10 Å². The summed E-state index contributed by atoms with van der Waals surface area (Å²) in [6, 6.07) is 7.60. The third-order valence-corrected chi connectivity index (χ3v) is 5.56. The molecule has 1 fully saturated rings. The lowest BCUT2D eigenvalue weighted by atomic mass is 10.0. The van der Waals surface area contributed by atoms with E-state index < -0.39 is 5.56 Å². The van der Waals surface area contributed by atoms with Crippen molar-refractivity contribution in [2.24, 2.45) is 0 Å². The van der Waals surface area contributed by atoms with E-state index >= 15 is 0 Å². The van der Waals surface area contributed by atoms with Crippen molar-refractivity contribution < 1.29 is 14.3 Å². The number of likely N-dealkylation sites (tertiary alicyclic amines) is 1. The zero-order chi connectivity index (χ0) is 20.5. The molecular weight excluding hydrogens is 372 g/mol. The lowest BCUT2D eigenvalue weighted by Crippen LogP contribution is -2.38. The van der Waals surface area contributed by atoms with Crippen LogP contribution in [0.15, 0.2) is 23.0 Å². The molecule has 2 aliphatic rings. The summed E-state index contributed by atoms with van der Waals surface area (Å²) in [6.45, 7) is 4.88. The molecule has 8 nitrogen and oxygen atoms in total. The zero-order valence-corrected chi connectivity index (χ0v) is 16.5. The fraction of sp³-hybridized carbons (Fsp3) is 0.429. The number of rotatable bonds is 3. The Morgan fingerprint density at radius 1 is 1.28 bits per heavy atom. The summed E-state index contributed by atoms with van der Waals surface area (Å²) >= 11 is 0. The summed E-state index contributed by atoms with van der Waals surface area (Å²) < 4.78 is 12.3. The van der Waals surface area contributed by atoms with Gasteiger partial charge >= 0.3 is 0 Å². The molecule has 0 saturated carbocycles. The van der Waals surface area contributed by atoms with Crippen LogP contribution in [0, 0.1) is 25.2 Å². The second-order valence-electron chi connectivity index (χ2n) is 7.31. The molecule has 0 bridgehead atoms. The summed E-state index contributed by atoms with van der Waals surface area (Å²) in [5.41, 5.74) is 1.61. The topological polar surface area (TPSA) is 97.4 Å². The van der Waals surface area contributed by atoms with E-state index in [4.69, 9.17) is 9.47 Å². The SMILES string of the molecule is Cc1nn(CC(=O)N2CCC[C@@H]2c2ccc3c(c2)OCCO3)c(=O)c(C#N)c1C. The van der Waals surface area contributed by atoms with Crippen LogP contribution in [0.2, 0.25) is 0 Å². The Kier molecular flexibility index (Phi) is 4.97. The van der Waals surface area contributed by atoms with Gasteiger partial charge in [0.15, 0.2) is 11.5 Å². The lowest BCUT2D eigenvalue weighted by Gasteiger charge is -2.27. The van der Waals surface area contributed by atoms with Crippen molar-refractivity contribution in [2.75, 3.05) is 19.8 Å². The Morgan fingerprint density at radius 2 is 2.03 bits per heavy atom. The van der Waals surface area contributed by atoms with Gasteiger partial charge in [0.1, 0.15) is 31.4 Å². The first-order chi connectivity index (χ1) is 14.0. The van der Waals surface area contributed by atoms with E-state index in [1.54, 1.807) is 18.7 Å². The molecule has 2 aliphatic heterocycles. The van der Waals surface area contributed by atoms with Gasteiger partial charge < -0.3 is 14.4 Å². The molecular formula is C21H22N4O4. The number of benzene rings is 1. The minimum atomic E-state index is -0.529. The van der Waals surface area contributed by atoms with Crippen LogP contribution in [0.1, 0.15) is 41.3 Å². The molecule has 150 valence electrons. The average Bonchev–Trinajstić information content (AvgIpc) is 3.22. The van der Waals surface area contributed by atoms with Crippen LogP contribution in [-0.4, -0.2) is 40.3 Å². The first-order valence-corrected chi connectivity index (χ1v) is 9.67. The number of aryl methyl sites for hydroxylation is 1. The number of nitriles is 1. The number of aromatic nitrogens is 2. The van der Waals surface area contributed by atoms with E-state index in [9.17, 15) is 14.9 Å². The number of carbonyl (C=O) groups is 1. The minimum Gasteiger partial charge on any atom is -0.486 e. The quantitative estimate of drug-likeness (QED) is 0.788. The second kappa shape index (κ2) is 7.59. The number of hydrogen-bond acceptors (Lipinski definition) is 6. The molecule has 0 unspecified atom stereocenters. The maximum atomic E-state index is 13.0. The van der Waals surface area contributed by atoms with Crippen molar-refractivity contribution in [3.05, 3.63) is 50.9 Å². The molecule has 0 radical (unpaired) electrons. The molecule has 0 aliphatic carbocycles. The molecule has 2 aromatic rings. The Balaban J connectivity index is 1.59. The Hall–Kier alpha value is -3.34. The maximum Gasteiger partial charge on any atom is 0.285 e. The van der Waals surface area contributed by atoms with Gasteiger partial charge in [-0.1, -0.05) is 6.07 Å². The summed E-state index contributed by atoms with van der Waals surface area (Å²) in [6.07, 6.45) is 1.72. The van der Waals surface area contributed by atoms with Gasteiger partial charge in [-0.2, -0.15) is 10.4 Å². The Labute approximate surface area is 168 Å². The highest BCUT2D eigenvalue weighted by molar-refractivity contribution is 5.77. The average molecular weight is 394 g/mol. The van der Waals surface area contributed by atoms with Gasteiger partial charge in [0.05, 0.1) is 11.7 Å². The van der Waals surface area contributed by atoms with Crippen LogP contribution in [0.4, 0.5) is 0 Å². The predicted octanol–water partition coefficient (Wildman–Crippen LogP) is 1.87. The predicted molar refractivity (Wildman–Crippen MR) is 104 cm³/mol. The van der Waals surface area contributed by atoms with E-state index in [1.807, 2.05) is 24.3 Å². The molecule has 1 amide bonds. The number of ether oxygens (including phenoxy) is 2. The molecule has 1 saturated heterocycles. The highest BCUT2D eigenvalue weighted by atomic mass is 16.6. The van der Waals surface area contributed by atoms with E-state index in [1.165, 1.54) is 0 Å². The number of carbonyl (C=O) groups excluding carboxylic acids is 1. The molecule has 4 rings (SSSR count). The number of amides is 1. The van der Waals surface area contributed by atoms with Gasteiger partial charge in [0.25, 0.3) is 5.56 Å². The third-order valence-electron chi connectivity index (χ3n) is 5.56. The van der Waals surface area contributed by atoms with Gasteiger partial charge in [-0.15, -0.1) is 0 Å². The van der Waals surface area contributed by atoms with Crippen molar-refractivity contribution in [3.63, 3.8) is 0 Å². The molecule has 1 atom stereocenters. The van der Waals surface area contributed by atoms with Gasteiger partial charge in [0, 0.05) is 6.54 Å². The Morgan fingerprint density at radius 3 is 2.79 bits per heavy atom.